The lowest BCUT2D eigenvalue weighted by atomic mass is 9.43. The zero-order valence-corrected chi connectivity index (χ0v) is 18.5. The molecule has 5 fully saturated rings. The zero-order valence-electron chi connectivity index (χ0n) is 18.5. The van der Waals surface area contributed by atoms with Gasteiger partial charge in [0.15, 0.2) is 5.79 Å². The Balaban J connectivity index is 1.57. The van der Waals surface area contributed by atoms with E-state index < -0.39 is 5.79 Å². The van der Waals surface area contributed by atoms with Crippen molar-refractivity contribution in [3.05, 3.63) is 0 Å². The average Bonchev–Trinajstić information content (AvgIpc) is 3.13. The van der Waals surface area contributed by atoms with Crippen molar-refractivity contribution in [1.82, 2.24) is 0 Å². The summed E-state index contributed by atoms with van der Waals surface area (Å²) in [5, 5.41) is 0. The van der Waals surface area contributed by atoms with E-state index in [1.54, 1.807) is 0 Å². The molecule has 0 radical (unpaired) electrons. The lowest BCUT2D eigenvalue weighted by Crippen LogP contribution is -2.63. The first-order valence-corrected chi connectivity index (χ1v) is 11.7. The first kappa shape index (κ1) is 19.4. The molecule has 0 aromatic rings. The van der Waals surface area contributed by atoms with Crippen molar-refractivity contribution >= 4 is 0 Å². The number of ether oxygens (including phenoxy) is 2. The number of hydrogen-bond acceptors (Lipinski definition) is 3. The molecule has 10 atom stereocenters. The standard InChI is InChI=1S/C25H39NO2/c1-6-7-15-8-9-17-20-18(11-13-24(15,17)4)25(5)12-10-16(26)14-19(25)21-22(20)28-23(2,3)27-21/h15-22H,8-14,26H2,1-5H3/t15?,16-,17?,18?,19?,20?,21+,22+,24+,25+/m0/s1. The summed E-state index contributed by atoms with van der Waals surface area (Å²) in [4.78, 5) is 0. The Morgan fingerprint density at radius 1 is 0.821 bits per heavy atom. The Morgan fingerprint density at radius 2 is 1.50 bits per heavy atom. The quantitative estimate of drug-likeness (QED) is 0.613. The number of rotatable bonds is 0. The molecule has 3 heteroatoms. The molecule has 5 rings (SSSR count). The summed E-state index contributed by atoms with van der Waals surface area (Å²) in [5.41, 5.74) is 7.16. The highest BCUT2D eigenvalue weighted by molar-refractivity contribution is 5.19. The van der Waals surface area contributed by atoms with E-state index >= 15 is 0 Å². The minimum absolute atomic E-state index is 0.214. The minimum atomic E-state index is -0.470. The van der Waals surface area contributed by atoms with E-state index in [1.807, 2.05) is 6.92 Å². The molecule has 5 unspecified atom stereocenters. The van der Waals surface area contributed by atoms with Gasteiger partial charge in [-0.15, -0.1) is 5.92 Å². The molecule has 1 saturated heterocycles. The van der Waals surface area contributed by atoms with Crippen LogP contribution in [-0.2, 0) is 9.47 Å². The Labute approximate surface area is 171 Å². The summed E-state index contributed by atoms with van der Waals surface area (Å²) in [6.07, 6.45) is 9.21. The zero-order chi connectivity index (χ0) is 19.9. The highest BCUT2D eigenvalue weighted by atomic mass is 16.8. The van der Waals surface area contributed by atoms with E-state index in [0.717, 1.165) is 18.3 Å². The lowest BCUT2D eigenvalue weighted by molar-refractivity contribution is -0.178. The molecule has 4 aliphatic carbocycles. The highest BCUT2D eigenvalue weighted by Gasteiger charge is 2.68. The van der Waals surface area contributed by atoms with Crippen molar-refractivity contribution in [3.63, 3.8) is 0 Å². The van der Waals surface area contributed by atoms with E-state index in [4.69, 9.17) is 15.2 Å². The second-order valence-electron chi connectivity index (χ2n) is 11.6. The average molecular weight is 386 g/mol. The molecular weight excluding hydrogens is 346 g/mol. The first-order chi connectivity index (χ1) is 13.2. The topological polar surface area (TPSA) is 44.5 Å². The van der Waals surface area contributed by atoms with Gasteiger partial charge in [-0.25, -0.2) is 0 Å². The summed E-state index contributed by atoms with van der Waals surface area (Å²) >= 11 is 0. The van der Waals surface area contributed by atoms with Crippen molar-refractivity contribution in [3.8, 4) is 11.8 Å². The van der Waals surface area contributed by atoms with E-state index in [1.165, 1.54) is 38.5 Å². The van der Waals surface area contributed by atoms with Gasteiger partial charge in [-0.05, 0) is 100 Å². The summed E-state index contributed by atoms with van der Waals surface area (Å²) in [6, 6.07) is 0.326. The predicted molar refractivity (Wildman–Crippen MR) is 111 cm³/mol. The third-order valence-corrected chi connectivity index (χ3v) is 9.90. The summed E-state index contributed by atoms with van der Waals surface area (Å²) in [5.74, 6) is 9.54. The Hall–Kier alpha value is -0.560. The molecule has 0 spiro atoms. The maximum Gasteiger partial charge on any atom is 0.163 e. The van der Waals surface area contributed by atoms with Gasteiger partial charge in [0, 0.05) is 12.0 Å². The van der Waals surface area contributed by atoms with Crippen molar-refractivity contribution in [1.29, 1.82) is 0 Å². The van der Waals surface area contributed by atoms with Gasteiger partial charge in [-0.1, -0.05) is 19.8 Å². The van der Waals surface area contributed by atoms with Gasteiger partial charge >= 0.3 is 0 Å². The van der Waals surface area contributed by atoms with Crippen molar-refractivity contribution in [2.75, 3.05) is 0 Å². The van der Waals surface area contributed by atoms with E-state index in [-0.39, 0.29) is 12.2 Å². The van der Waals surface area contributed by atoms with Crippen LogP contribution in [0.1, 0.15) is 79.6 Å². The molecule has 156 valence electrons. The normalized spacial score (nSPS) is 56.6. The van der Waals surface area contributed by atoms with Gasteiger partial charge in [0.1, 0.15) is 0 Å². The van der Waals surface area contributed by atoms with Gasteiger partial charge < -0.3 is 15.2 Å². The van der Waals surface area contributed by atoms with Crippen LogP contribution in [0.4, 0.5) is 0 Å². The highest BCUT2D eigenvalue weighted by Crippen LogP contribution is 2.69. The van der Waals surface area contributed by atoms with Gasteiger partial charge in [0.05, 0.1) is 12.2 Å². The van der Waals surface area contributed by atoms with Crippen molar-refractivity contribution in [2.24, 2.45) is 46.2 Å². The molecule has 1 aliphatic heterocycles. The van der Waals surface area contributed by atoms with Crippen LogP contribution in [0, 0.1) is 52.3 Å². The molecule has 0 amide bonds. The largest absolute Gasteiger partial charge is 0.344 e. The third kappa shape index (κ3) is 2.53. The van der Waals surface area contributed by atoms with Crippen LogP contribution in [0.25, 0.3) is 0 Å². The predicted octanol–water partition coefficient (Wildman–Crippen LogP) is 4.74. The second kappa shape index (κ2) is 6.22. The van der Waals surface area contributed by atoms with Gasteiger partial charge in [0.25, 0.3) is 0 Å². The molecule has 0 aromatic carbocycles. The van der Waals surface area contributed by atoms with Gasteiger partial charge in [-0.2, -0.15) is 0 Å². The van der Waals surface area contributed by atoms with E-state index in [9.17, 15) is 0 Å². The van der Waals surface area contributed by atoms with Gasteiger partial charge in [0.2, 0.25) is 0 Å². The van der Waals surface area contributed by atoms with Crippen LogP contribution in [0.5, 0.6) is 0 Å². The Kier molecular flexibility index (Phi) is 4.31. The molecular formula is C25H39NO2. The molecule has 5 aliphatic rings. The SMILES string of the molecule is CC#CC1CCC2C3C(CC[C@]12C)[C@@]1(C)CC[C@H](N)CC1[C@H]1OC(C)(C)O[C@H]31. The maximum absolute atomic E-state index is 6.70. The van der Waals surface area contributed by atoms with Crippen LogP contribution in [0.3, 0.4) is 0 Å². The summed E-state index contributed by atoms with van der Waals surface area (Å²) in [7, 11) is 0. The molecule has 2 N–H and O–H groups in total. The monoisotopic (exact) mass is 385 g/mol. The van der Waals surface area contributed by atoms with Crippen molar-refractivity contribution in [2.45, 2.75) is 104 Å². The molecule has 0 aromatic heterocycles. The van der Waals surface area contributed by atoms with Crippen LogP contribution in [-0.4, -0.2) is 24.0 Å². The van der Waals surface area contributed by atoms with Gasteiger partial charge in [-0.3, -0.25) is 0 Å². The Bertz CT molecular complexity index is 707. The first-order valence-electron chi connectivity index (χ1n) is 11.7. The van der Waals surface area contributed by atoms with E-state index in [0.29, 0.717) is 34.6 Å². The molecule has 4 saturated carbocycles. The molecule has 0 bridgehead atoms. The molecule has 28 heavy (non-hydrogen) atoms. The summed E-state index contributed by atoms with van der Waals surface area (Å²) < 4.78 is 13.3. The fraction of sp³-hybridized carbons (Fsp3) is 0.920. The number of hydrogen-bond donors (Lipinski definition) is 1. The molecule has 3 nitrogen and oxygen atoms in total. The lowest BCUT2D eigenvalue weighted by Gasteiger charge is -2.63. The maximum atomic E-state index is 6.70. The fourth-order valence-electron chi connectivity index (χ4n) is 8.62. The number of nitrogens with two attached hydrogens (primary N) is 1. The van der Waals surface area contributed by atoms with Crippen LogP contribution in [0.15, 0.2) is 0 Å². The second-order valence-corrected chi connectivity index (χ2v) is 11.6. The number of fused-ring (bicyclic) bond motifs is 8. The molecule has 1 heterocycles. The van der Waals surface area contributed by atoms with Crippen molar-refractivity contribution < 1.29 is 9.47 Å². The van der Waals surface area contributed by atoms with E-state index in [2.05, 4.69) is 39.5 Å². The van der Waals surface area contributed by atoms with Crippen LogP contribution < -0.4 is 5.73 Å². The van der Waals surface area contributed by atoms with Crippen LogP contribution >= 0.6 is 0 Å². The smallest absolute Gasteiger partial charge is 0.163 e. The summed E-state index contributed by atoms with van der Waals surface area (Å²) in [6.45, 7) is 11.3. The fourth-order valence-corrected chi connectivity index (χ4v) is 8.62. The minimum Gasteiger partial charge on any atom is -0.344 e. The van der Waals surface area contributed by atoms with Crippen LogP contribution in [0.2, 0.25) is 0 Å². The Morgan fingerprint density at radius 3 is 2.25 bits per heavy atom. The third-order valence-electron chi connectivity index (χ3n) is 9.90.